The van der Waals surface area contributed by atoms with E-state index >= 15 is 0 Å². The summed E-state index contributed by atoms with van der Waals surface area (Å²) in [4.78, 5) is 11.9. The Balaban J connectivity index is 2.05. The van der Waals surface area contributed by atoms with Crippen LogP contribution in [0.25, 0.3) is 0 Å². The Morgan fingerprint density at radius 1 is 1.21 bits per heavy atom. The number of aromatic hydroxyl groups is 1. The fraction of sp³-hybridized carbons (Fsp3) is 0.133. The second-order valence-electron chi connectivity index (χ2n) is 4.31. The summed E-state index contributed by atoms with van der Waals surface area (Å²) in [6, 6.07) is 10.7. The molecule has 1 amide bonds. The Bertz CT molecular complexity index is 594. The van der Waals surface area contributed by atoms with E-state index < -0.39 is 5.82 Å². The van der Waals surface area contributed by atoms with Gasteiger partial charge in [0.15, 0.2) is 0 Å². The maximum absolute atomic E-state index is 13.1. The maximum Gasteiger partial charge on any atom is 0.251 e. The van der Waals surface area contributed by atoms with Crippen molar-refractivity contribution >= 4 is 5.91 Å². The standard InChI is InChI=1S/C15H14FNO2/c1-10-2-5-12(16)8-14(10)15(19)17-9-11-3-6-13(18)7-4-11/h2-8,18H,9H2,1H3,(H,17,19). The first kappa shape index (κ1) is 13.1. The predicted octanol–water partition coefficient (Wildman–Crippen LogP) is 2.77. The summed E-state index contributed by atoms with van der Waals surface area (Å²) in [5, 5.41) is 11.9. The van der Waals surface area contributed by atoms with Crippen molar-refractivity contribution in [2.75, 3.05) is 0 Å². The van der Waals surface area contributed by atoms with Crippen molar-refractivity contribution in [3.05, 3.63) is 65.0 Å². The highest BCUT2D eigenvalue weighted by Crippen LogP contribution is 2.12. The highest BCUT2D eigenvalue weighted by atomic mass is 19.1. The maximum atomic E-state index is 13.1. The number of carbonyl (C=O) groups excluding carboxylic acids is 1. The van der Waals surface area contributed by atoms with Crippen LogP contribution in [0.5, 0.6) is 5.75 Å². The average molecular weight is 259 g/mol. The Hall–Kier alpha value is -2.36. The van der Waals surface area contributed by atoms with Crippen molar-refractivity contribution in [1.29, 1.82) is 0 Å². The summed E-state index contributed by atoms with van der Waals surface area (Å²) >= 11 is 0. The SMILES string of the molecule is Cc1ccc(F)cc1C(=O)NCc1ccc(O)cc1. The average Bonchev–Trinajstić information content (AvgIpc) is 2.40. The molecule has 0 atom stereocenters. The number of phenolic OH excluding ortho intramolecular Hbond substituents is 1. The van der Waals surface area contributed by atoms with Crippen molar-refractivity contribution < 1.29 is 14.3 Å². The molecule has 2 rings (SSSR count). The first-order valence-electron chi connectivity index (χ1n) is 5.88. The zero-order valence-electron chi connectivity index (χ0n) is 10.5. The molecule has 0 saturated carbocycles. The van der Waals surface area contributed by atoms with E-state index in [9.17, 15) is 9.18 Å². The van der Waals surface area contributed by atoms with E-state index in [1.54, 1.807) is 37.3 Å². The quantitative estimate of drug-likeness (QED) is 0.890. The van der Waals surface area contributed by atoms with E-state index in [-0.39, 0.29) is 11.7 Å². The van der Waals surface area contributed by atoms with E-state index in [1.807, 2.05) is 0 Å². The highest BCUT2D eigenvalue weighted by molar-refractivity contribution is 5.95. The number of aryl methyl sites for hydroxylation is 1. The molecule has 3 nitrogen and oxygen atoms in total. The first-order valence-corrected chi connectivity index (χ1v) is 5.88. The molecular formula is C15H14FNO2. The van der Waals surface area contributed by atoms with Crippen LogP contribution in [0.1, 0.15) is 21.5 Å². The van der Waals surface area contributed by atoms with Crippen molar-refractivity contribution in [1.82, 2.24) is 5.32 Å². The van der Waals surface area contributed by atoms with Gasteiger partial charge in [-0.25, -0.2) is 4.39 Å². The third kappa shape index (κ3) is 3.31. The molecular weight excluding hydrogens is 245 g/mol. The number of halogens is 1. The molecule has 0 aliphatic carbocycles. The number of amides is 1. The van der Waals surface area contributed by atoms with Crippen LogP contribution in [0.3, 0.4) is 0 Å². The number of carbonyl (C=O) groups is 1. The lowest BCUT2D eigenvalue weighted by Gasteiger charge is -2.08. The number of benzene rings is 2. The van der Waals surface area contributed by atoms with Gasteiger partial charge in [0.2, 0.25) is 0 Å². The third-order valence-corrected chi connectivity index (χ3v) is 2.83. The zero-order chi connectivity index (χ0) is 13.8. The topological polar surface area (TPSA) is 49.3 Å². The largest absolute Gasteiger partial charge is 0.508 e. The van der Waals surface area contributed by atoms with Gasteiger partial charge >= 0.3 is 0 Å². The van der Waals surface area contributed by atoms with Crippen LogP contribution in [0.4, 0.5) is 4.39 Å². The van der Waals surface area contributed by atoms with Gasteiger partial charge in [-0.2, -0.15) is 0 Å². The van der Waals surface area contributed by atoms with Crippen LogP contribution in [0, 0.1) is 12.7 Å². The van der Waals surface area contributed by atoms with Gasteiger partial charge in [0, 0.05) is 12.1 Å². The van der Waals surface area contributed by atoms with Crippen LogP contribution in [0.2, 0.25) is 0 Å². The second-order valence-corrected chi connectivity index (χ2v) is 4.31. The molecule has 0 fully saturated rings. The molecule has 0 saturated heterocycles. The molecule has 0 aliphatic heterocycles. The van der Waals surface area contributed by atoms with E-state index in [0.717, 1.165) is 11.1 Å². The van der Waals surface area contributed by atoms with Crippen molar-refractivity contribution in [2.45, 2.75) is 13.5 Å². The van der Waals surface area contributed by atoms with Crippen LogP contribution in [-0.2, 0) is 6.54 Å². The lowest BCUT2D eigenvalue weighted by atomic mass is 10.1. The smallest absolute Gasteiger partial charge is 0.251 e. The zero-order valence-corrected chi connectivity index (χ0v) is 10.5. The summed E-state index contributed by atoms with van der Waals surface area (Å²) in [6.07, 6.45) is 0. The lowest BCUT2D eigenvalue weighted by Crippen LogP contribution is -2.23. The fourth-order valence-corrected chi connectivity index (χ4v) is 1.73. The van der Waals surface area contributed by atoms with E-state index in [2.05, 4.69) is 5.32 Å². The number of phenols is 1. The summed E-state index contributed by atoms with van der Waals surface area (Å²) in [6.45, 7) is 2.09. The molecule has 0 radical (unpaired) electrons. The van der Waals surface area contributed by atoms with E-state index in [0.29, 0.717) is 12.1 Å². The van der Waals surface area contributed by atoms with Gasteiger partial charge < -0.3 is 10.4 Å². The van der Waals surface area contributed by atoms with Gasteiger partial charge in [0.1, 0.15) is 11.6 Å². The normalized spacial score (nSPS) is 10.2. The first-order chi connectivity index (χ1) is 9.06. The Morgan fingerprint density at radius 3 is 2.58 bits per heavy atom. The van der Waals surface area contributed by atoms with Crippen molar-refractivity contribution in [2.24, 2.45) is 0 Å². The van der Waals surface area contributed by atoms with Gasteiger partial charge in [-0.15, -0.1) is 0 Å². The van der Waals surface area contributed by atoms with Crippen molar-refractivity contribution in [3.8, 4) is 5.75 Å². The summed E-state index contributed by atoms with van der Waals surface area (Å²) in [5.74, 6) is -0.568. The van der Waals surface area contributed by atoms with Gasteiger partial charge in [-0.1, -0.05) is 18.2 Å². The molecule has 2 aromatic carbocycles. The number of nitrogens with one attached hydrogen (secondary N) is 1. The summed E-state index contributed by atoms with van der Waals surface area (Å²) < 4.78 is 13.1. The van der Waals surface area contributed by atoms with E-state index in [1.165, 1.54) is 12.1 Å². The molecule has 2 N–H and O–H groups in total. The van der Waals surface area contributed by atoms with Gasteiger partial charge in [0.25, 0.3) is 5.91 Å². The second kappa shape index (κ2) is 5.52. The third-order valence-electron chi connectivity index (χ3n) is 2.83. The molecule has 0 spiro atoms. The van der Waals surface area contributed by atoms with E-state index in [4.69, 9.17) is 5.11 Å². The summed E-state index contributed by atoms with van der Waals surface area (Å²) in [5.41, 5.74) is 1.92. The molecule has 98 valence electrons. The van der Waals surface area contributed by atoms with Crippen LogP contribution >= 0.6 is 0 Å². The minimum Gasteiger partial charge on any atom is -0.508 e. The Morgan fingerprint density at radius 2 is 1.89 bits per heavy atom. The van der Waals surface area contributed by atoms with Crippen LogP contribution < -0.4 is 5.32 Å². The predicted molar refractivity (Wildman–Crippen MR) is 70.4 cm³/mol. The van der Waals surface area contributed by atoms with Crippen LogP contribution in [0.15, 0.2) is 42.5 Å². The van der Waals surface area contributed by atoms with Gasteiger partial charge in [0.05, 0.1) is 0 Å². The number of hydrogen-bond donors (Lipinski definition) is 2. The number of hydrogen-bond acceptors (Lipinski definition) is 2. The molecule has 2 aromatic rings. The fourth-order valence-electron chi connectivity index (χ4n) is 1.73. The van der Waals surface area contributed by atoms with Crippen molar-refractivity contribution in [3.63, 3.8) is 0 Å². The molecule has 0 aromatic heterocycles. The Kier molecular flexibility index (Phi) is 3.80. The molecule has 0 bridgehead atoms. The van der Waals surface area contributed by atoms with Gasteiger partial charge in [-0.3, -0.25) is 4.79 Å². The monoisotopic (exact) mass is 259 g/mol. The summed E-state index contributed by atoms with van der Waals surface area (Å²) in [7, 11) is 0. The Labute approximate surface area is 110 Å². The molecule has 19 heavy (non-hydrogen) atoms. The molecule has 0 unspecified atom stereocenters. The molecule has 4 heteroatoms. The molecule has 0 aliphatic rings. The number of rotatable bonds is 3. The van der Waals surface area contributed by atoms with Crippen LogP contribution in [-0.4, -0.2) is 11.0 Å². The highest BCUT2D eigenvalue weighted by Gasteiger charge is 2.09. The lowest BCUT2D eigenvalue weighted by molar-refractivity contribution is 0.0950. The minimum atomic E-state index is -0.430. The minimum absolute atomic E-state index is 0.177. The van der Waals surface area contributed by atoms with Gasteiger partial charge in [-0.05, 0) is 42.3 Å². The molecule has 0 heterocycles.